The molecule has 0 atom stereocenters. The molecule has 0 spiro atoms. The first-order valence-corrected chi connectivity index (χ1v) is 3.54. The first-order valence-electron chi connectivity index (χ1n) is 3.54. The van der Waals surface area contributed by atoms with Crippen molar-refractivity contribution in [2.75, 3.05) is 5.73 Å². The topological polar surface area (TPSA) is 79.8 Å². The smallest absolute Gasteiger partial charge is 0.280 e. The van der Waals surface area contributed by atoms with Crippen LogP contribution in [0.25, 0.3) is 0 Å². The second-order valence-corrected chi connectivity index (χ2v) is 2.42. The second-order valence-electron chi connectivity index (χ2n) is 2.42. The lowest BCUT2D eigenvalue weighted by Crippen LogP contribution is -2.03. The van der Waals surface area contributed by atoms with Gasteiger partial charge in [0.1, 0.15) is 17.5 Å². The highest BCUT2D eigenvalue weighted by Gasteiger charge is 2.15. The number of nitrogens with zero attached hydrogens (tertiary/aromatic N) is 2. The van der Waals surface area contributed by atoms with E-state index in [1.165, 1.54) is 0 Å². The number of anilines is 1. The van der Waals surface area contributed by atoms with Crippen LogP contribution in [0.4, 0.5) is 14.5 Å². The number of hydrogen-bond acceptors (Lipinski definition) is 4. The zero-order chi connectivity index (χ0) is 10.7. The Kier molecular flexibility index (Phi) is 2.72. The molecule has 1 aromatic rings. The third kappa shape index (κ3) is 1.66. The number of aldehydes is 1. The number of aromatic nitrogens is 1. The predicted molar refractivity (Wildman–Crippen MR) is 43.7 cm³/mol. The molecule has 0 bridgehead atoms. The lowest BCUT2D eigenvalue weighted by Gasteiger charge is -2.04. The fraction of sp³-hybridized carbons (Fsp3) is 0.125. The van der Waals surface area contributed by atoms with Gasteiger partial charge in [-0.3, -0.25) is 4.79 Å². The Hall–Kier alpha value is -2.03. The third-order valence-corrected chi connectivity index (χ3v) is 1.56. The van der Waals surface area contributed by atoms with E-state index in [9.17, 15) is 13.6 Å². The summed E-state index contributed by atoms with van der Waals surface area (Å²) in [5.41, 5.74) is 4.01. The maximum atomic E-state index is 12.2. The highest BCUT2D eigenvalue weighted by atomic mass is 19.3. The Bertz CT molecular complexity index is 412. The van der Waals surface area contributed by atoms with Gasteiger partial charge in [-0.15, -0.1) is 0 Å². The molecule has 1 heterocycles. The van der Waals surface area contributed by atoms with Gasteiger partial charge in [-0.05, 0) is 6.07 Å². The molecule has 0 saturated heterocycles. The average molecular weight is 197 g/mol. The molecule has 72 valence electrons. The van der Waals surface area contributed by atoms with E-state index in [0.717, 1.165) is 6.07 Å². The number of hydrogen-bond donors (Lipinski definition) is 1. The molecule has 0 saturated carbocycles. The first-order chi connectivity index (χ1) is 6.60. The van der Waals surface area contributed by atoms with Crippen molar-refractivity contribution in [3.05, 3.63) is 23.0 Å². The minimum absolute atomic E-state index is 0.169. The Morgan fingerprint density at radius 2 is 2.29 bits per heavy atom. The zero-order valence-corrected chi connectivity index (χ0v) is 6.87. The maximum Gasteiger partial charge on any atom is 0.280 e. The molecule has 1 rings (SSSR count). The summed E-state index contributed by atoms with van der Waals surface area (Å²) in [6.45, 7) is 0. The number of rotatable bonds is 2. The van der Waals surface area contributed by atoms with E-state index in [1.54, 1.807) is 6.07 Å². The highest BCUT2D eigenvalue weighted by Crippen LogP contribution is 2.22. The highest BCUT2D eigenvalue weighted by molar-refractivity contribution is 5.83. The summed E-state index contributed by atoms with van der Waals surface area (Å²) >= 11 is 0. The summed E-state index contributed by atoms with van der Waals surface area (Å²) in [4.78, 5) is 13.7. The lowest BCUT2D eigenvalue weighted by atomic mass is 10.1. The van der Waals surface area contributed by atoms with Crippen molar-refractivity contribution in [1.29, 1.82) is 5.26 Å². The number of carbonyl (C=O) groups excluding carboxylic acids is 1. The number of alkyl halides is 2. The summed E-state index contributed by atoms with van der Waals surface area (Å²) < 4.78 is 24.4. The molecule has 0 aliphatic carbocycles. The number of halogens is 2. The van der Waals surface area contributed by atoms with Crippen LogP contribution in [0, 0.1) is 11.3 Å². The van der Waals surface area contributed by atoms with E-state index in [4.69, 9.17) is 11.0 Å². The molecule has 4 nitrogen and oxygen atoms in total. The van der Waals surface area contributed by atoms with Gasteiger partial charge in [0.15, 0.2) is 6.29 Å². The summed E-state index contributed by atoms with van der Waals surface area (Å²) in [6, 6.07) is 2.48. The van der Waals surface area contributed by atoms with E-state index >= 15 is 0 Å². The van der Waals surface area contributed by atoms with Gasteiger partial charge in [-0.25, -0.2) is 13.8 Å². The molecule has 6 heteroatoms. The van der Waals surface area contributed by atoms with Crippen molar-refractivity contribution in [2.24, 2.45) is 0 Å². The number of nitrogen functional groups attached to an aromatic ring is 1. The maximum absolute atomic E-state index is 12.2. The monoisotopic (exact) mass is 197 g/mol. The number of carbonyl (C=O) groups is 1. The van der Waals surface area contributed by atoms with Crippen LogP contribution in [0.3, 0.4) is 0 Å². The quantitative estimate of drug-likeness (QED) is 0.724. The van der Waals surface area contributed by atoms with Crippen LogP contribution in [0.15, 0.2) is 6.07 Å². The number of nitriles is 1. The molecular weight excluding hydrogens is 192 g/mol. The van der Waals surface area contributed by atoms with Gasteiger partial charge in [0, 0.05) is 0 Å². The van der Waals surface area contributed by atoms with E-state index in [-0.39, 0.29) is 23.2 Å². The summed E-state index contributed by atoms with van der Waals surface area (Å²) in [5.74, 6) is 0. The van der Waals surface area contributed by atoms with Crippen molar-refractivity contribution in [3.8, 4) is 6.07 Å². The molecular formula is C8H5F2N3O. The van der Waals surface area contributed by atoms with Crippen molar-refractivity contribution < 1.29 is 13.6 Å². The van der Waals surface area contributed by atoms with Crippen molar-refractivity contribution in [3.63, 3.8) is 0 Å². The normalized spacial score (nSPS) is 9.86. The Morgan fingerprint density at radius 3 is 2.71 bits per heavy atom. The third-order valence-electron chi connectivity index (χ3n) is 1.56. The Labute approximate surface area is 78.0 Å². The zero-order valence-electron chi connectivity index (χ0n) is 6.87. The lowest BCUT2D eigenvalue weighted by molar-refractivity contribution is 0.111. The largest absolute Gasteiger partial charge is 0.396 e. The standard InChI is InChI=1S/C8H5F2N3O/c9-8(10)5-1-4(2-11)7(12)6(3-14)13-5/h1,3,8H,12H2. The Balaban J connectivity index is 3.41. The van der Waals surface area contributed by atoms with Gasteiger partial charge in [-0.2, -0.15) is 5.26 Å². The average Bonchev–Trinajstić information content (AvgIpc) is 2.17. The van der Waals surface area contributed by atoms with Crippen molar-refractivity contribution in [1.82, 2.24) is 4.98 Å². The molecule has 14 heavy (non-hydrogen) atoms. The predicted octanol–water partition coefficient (Wildman–Crippen LogP) is 1.29. The van der Waals surface area contributed by atoms with E-state index in [1.807, 2.05) is 0 Å². The van der Waals surface area contributed by atoms with Crippen LogP contribution in [0.2, 0.25) is 0 Å². The molecule has 1 aromatic heterocycles. The van der Waals surface area contributed by atoms with Crippen LogP contribution in [-0.2, 0) is 0 Å². The summed E-state index contributed by atoms with van der Waals surface area (Å²) in [6.07, 6.45) is -2.59. The minimum atomic E-state index is -2.83. The van der Waals surface area contributed by atoms with E-state index in [0.29, 0.717) is 0 Å². The van der Waals surface area contributed by atoms with Crippen molar-refractivity contribution in [2.45, 2.75) is 6.43 Å². The van der Waals surface area contributed by atoms with Gasteiger partial charge >= 0.3 is 0 Å². The Morgan fingerprint density at radius 1 is 1.64 bits per heavy atom. The minimum Gasteiger partial charge on any atom is -0.396 e. The van der Waals surface area contributed by atoms with Crippen LogP contribution in [0.5, 0.6) is 0 Å². The van der Waals surface area contributed by atoms with Gasteiger partial charge in [-0.1, -0.05) is 0 Å². The summed E-state index contributed by atoms with van der Waals surface area (Å²) in [7, 11) is 0. The molecule has 0 unspecified atom stereocenters. The fourth-order valence-corrected chi connectivity index (χ4v) is 0.889. The second kappa shape index (κ2) is 3.79. The molecule has 0 aromatic carbocycles. The molecule has 0 fully saturated rings. The van der Waals surface area contributed by atoms with Gasteiger partial charge in [0.05, 0.1) is 11.3 Å². The van der Waals surface area contributed by atoms with Crippen LogP contribution in [0.1, 0.15) is 28.2 Å². The molecule has 0 amide bonds. The SMILES string of the molecule is N#Cc1cc(C(F)F)nc(C=O)c1N. The molecule has 2 N–H and O–H groups in total. The molecule has 0 aliphatic rings. The summed E-state index contributed by atoms with van der Waals surface area (Å²) in [5, 5.41) is 8.53. The first kappa shape index (κ1) is 10.1. The number of nitrogens with two attached hydrogens (primary N) is 1. The molecule has 0 aliphatic heterocycles. The van der Waals surface area contributed by atoms with E-state index in [2.05, 4.69) is 4.98 Å². The number of pyridine rings is 1. The van der Waals surface area contributed by atoms with Gasteiger partial charge < -0.3 is 5.73 Å². The van der Waals surface area contributed by atoms with E-state index < -0.39 is 12.1 Å². The van der Waals surface area contributed by atoms with Crippen molar-refractivity contribution >= 4 is 12.0 Å². The van der Waals surface area contributed by atoms with Crippen LogP contribution in [-0.4, -0.2) is 11.3 Å². The van der Waals surface area contributed by atoms with Crippen LogP contribution >= 0.6 is 0 Å². The van der Waals surface area contributed by atoms with Crippen LogP contribution < -0.4 is 5.73 Å². The van der Waals surface area contributed by atoms with Gasteiger partial charge in [0.2, 0.25) is 0 Å². The van der Waals surface area contributed by atoms with Gasteiger partial charge in [0.25, 0.3) is 6.43 Å². The fourth-order valence-electron chi connectivity index (χ4n) is 0.889. The molecule has 0 radical (unpaired) electrons.